The molecule has 0 aliphatic rings. The van der Waals surface area contributed by atoms with Gasteiger partial charge in [0, 0.05) is 0 Å². The summed E-state index contributed by atoms with van der Waals surface area (Å²) in [5.74, 6) is 0. The van der Waals surface area contributed by atoms with E-state index < -0.39 is 16.2 Å². The lowest BCUT2D eigenvalue weighted by Crippen LogP contribution is -2.13. The highest BCUT2D eigenvalue weighted by Gasteiger charge is 2.18. The van der Waals surface area contributed by atoms with Crippen LogP contribution in [0.25, 0.3) is 10.8 Å². The third kappa shape index (κ3) is 3.64. The molecule has 3 aromatic rings. The normalized spacial score (nSPS) is 13.1. The van der Waals surface area contributed by atoms with Gasteiger partial charge < -0.3 is 5.11 Å². The summed E-state index contributed by atoms with van der Waals surface area (Å²) < 4.78 is 29.3. The van der Waals surface area contributed by atoms with Gasteiger partial charge in [-0.3, -0.25) is 4.18 Å². The molecule has 0 aliphatic heterocycles. The van der Waals surface area contributed by atoms with E-state index in [0.29, 0.717) is 5.56 Å². The van der Waals surface area contributed by atoms with E-state index in [-0.39, 0.29) is 11.5 Å². The topological polar surface area (TPSA) is 63.6 Å². The molecule has 0 bridgehead atoms. The zero-order valence-corrected chi connectivity index (χ0v) is 14.0. The summed E-state index contributed by atoms with van der Waals surface area (Å²) in [6.07, 6.45) is -1.02. The third-order valence-electron chi connectivity index (χ3n) is 3.85. The maximum absolute atomic E-state index is 12.2. The van der Waals surface area contributed by atoms with E-state index in [9.17, 15) is 13.5 Å². The van der Waals surface area contributed by atoms with Crippen LogP contribution in [0.15, 0.2) is 71.6 Å². The van der Waals surface area contributed by atoms with Gasteiger partial charge >= 0.3 is 0 Å². The van der Waals surface area contributed by atoms with Crippen LogP contribution in [0.4, 0.5) is 0 Å². The van der Waals surface area contributed by atoms with Gasteiger partial charge in [-0.05, 0) is 41.5 Å². The molecule has 1 unspecified atom stereocenters. The van der Waals surface area contributed by atoms with Crippen LogP contribution in [0.1, 0.15) is 17.2 Å². The van der Waals surface area contributed by atoms with E-state index in [0.717, 1.165) is 16.3 Å². The highest BCUT2D eigenvalue weighted by Crippen LogP contribution is 2.22. The summed E-state index contributed by atoms with van der Waals surface area (Å²) in [6, 6.07) is 19.7. The minimum absolute atomic E-state index is 0.0822. The summed E-state index contributed by atoms with van der Waals surface area (Å²) in [7, 11) is -3.88. The van der Waals surface area contributed by atoms with Gasteiger partial charge in [-0.25, -0.2) is 0 Å². The number of aliphatic hydroxyl groups excluding tert-OH is 1. The van der Waals surface area contributed by atoms with Crippen LogP contribution in [0, 0.1) is 6.92 Å². The first-order valence-electron chi connectivity index (χ1n) is 7.58. The van der Waals surface area contributed by atoms with E-state index in [1.165, 1.54) is 12.1 Å². The molecule has 0 heterocycles. The summed E-state index contributed by atoms with van der Waals surface area (Å²) in [4.78, 5) is 0.0822. The van der Waals surface area contributed by atoms with E-state index >= 15 is 0 Å². The van der Waals surface area contributed by atoms with Gasteiger partial charge in [0.05, 0.1) is 11.5 Å². The lowest BCUT2D eigenvalue weighted by atomic mass is 10.0. The molecule has 0 aliphatic carbocycles. The molecule has 0 spiro atoms. The van der Waals surface area contributed by atoms with Gasteiger partial charge in [-0.2, -0.15) is 8.42 Å². The average Bonchev–Trinajstić information content (AvgIpc) is 2.59. The van der Waals surface area contributed by atoms with Gasteiger partial charge in [0.2, 0.25) is 0 Å². The monoisotopic (exact) mass is 342 g/mol. The standard InChI is InChI=1S/C19H18O4S/c1-14-6-10-18(11-7-14)24(21,22)23-13-19(20)17-9-8-15-4-2-3-5-16(15)12-17/h2-12,19-20H,13H2,1H3. The molecule has 1 atom stereocenters. The number of benzene rings is 3. The highest BCUT2D eigenvalue weighted by molar-refractivity contribution is 7.86. The van der Waals surface area contributed by atoms with Gasteiger partial charge in [0.1, 0.15) is 6.10 Å². The molecule has 0 saturated carbocycles. The summed E-state index contributed by atoms with van der Waals surface area (Å²) in [5, 5.41) is 12.3. The second kappa shape index (κ2) is 6.73. The van der Waals surface area contributed by atoms with Crippen LogP contribution in [0.3, 0.4) is 0 Å². The van der Waals surface area contributed by atoms with Crippen molar-refractivity contribution in [2.75, 3.05) is 6.61 Å². The number of aryl methyl sites for hydroxylation is 1. The molecule has 0 fully saturated rings. The molecular formula is C19H18O4S. The Hall–Kier alpha value is -2.21. The number of rotatable bonds is 5. The maximum Gasteiger partial charge on any atom is 0.297 e. The minimum Gasteiger partial charge on any atom is -0.386 e. The average molecular weight is 342 g/mol. The van der Waals surface area contributed by atoms with E-state index in [4.69, 9.17) is 4.18 Å². The van der Waals surface area contributed by atoms with Crippen LogP contribution in [-0.2, 0) is 14.3 Å². The van der Waals surface area contributed by atoms with Crippen LogP contribution in [0.5, 0.6) is 0 Å². The second-order valence-electron chi connectivity index (χ2n) is 5.67. The molecule has 0 amide bonds. The molecule has 124 valence electrons. The molecule has 0 radical (unpaired) electrons. The zero-order chi connectivity index (χ0) is 17.2. The largest absolute Gasteiger partial charge is 0.386 e. The molecule has 4 nitrogen and oxygen atoms in total. The molecular weight excluding hydrogens is 324 g/mol. The fourth-order valence-corrected chi connectivity index (χ4v) is 3.35. The Balaban J connectivity index is 1.74. The quantitative estimate of drug-likeness (QED) is 0.720. The maximum atomic E-state index is 12.2. The Kier molecular flexibility index (Phi) is 4.66. The predicted octanol–water partition coefficient (Wildman–Crippen LogP) is 3.59. The van der Waals surface area contributed by atoms with Crippen molar-refractivity contribution in [3.63, 3.8) is 0 Å². The number of hydrogen-bond donors (Lipinski definition) is 1. The van der Waals surface area contributed by atoms with Crippen molar-refractivity contribution in [1.29, 1.82) is 0 Å². The van der Waals surface area contributed by atoms with Gasteiger partial charge in [0.25, 0.3) is 10.1 Å². The SMILES string of the molecule is Cc1ccc(S(=O)(=O)OCC(O)c2ccc3ccccc3c2)cc1. The molecule has 0 aromatic heterocycles. The molecule has 24 heavy (non-hydrogen) atoms. The van der Waals surface area contributed by atoms with Crippen molar-refractivity contribution >= 4 is 20.9 Å². The molecule has 1 N–H and O–H groups in total. The predicted molar refractivity (Wildman–Crippen MR) is 93.2 cm³/mol. The van der Waals surface area contributed by atoms with Crippen molar-refractivity contribution in [3.05, 3.63) is 77.9 Å². The molecule has 3 rings (SSSR count). The highest BCUT2D eigenvalue weighted by atomic mass is 32.2. The Morgan fingerprint density at radius 2 is 1.62 bits per heavy atom. The van der Waals surface area contributed by atoms with E-state index in [2.05, 4.69) is 0 Å². The zero-order valence-electron chi connectivity index (χ0n) is 13.2. The number of aliphatic hydroxyl groups is 1. The Bertz CT molecular complexity index is 947. The minimum atomic E-state index is -3.88. The van der Waals surface area contributed by atoms with Crippen molar-refractivity contribution in [2.24, 2.45) is 0 Å². The fraction of sp³-hybridized carbons (Fsp3) is 0.158. The summed E-state index contributed by atoms with van der Waals surface area (Å²) >= 11 is 0. The fourth-order valence-electron chi connectivity index (χ4n) is 2.44. The van der Waals surface area contributed by atoms with Gasteiger partial charge in [-0.15, -0.1) is 0 Å². The Labute approximate surface area is 141 Å². The lowest BCUT2D eigenvalue weighted by Gasteiger charge is -2.13. The van der Waals surface area contributed by atoms with Crippen LogP contribution in [-0.4, -0.2) is 20.1 Å². The van der Waals surface area contributed by atoms with E-state index in [1.807, 2.05) is 43.3 Å². The number of fused-ring (bicyclic) bond motifs is 1. The second-order valence-corrected chi connectivity index (χ2v) is 7.29. The van der Waals surface area contributed by atoms with Crippen molar-refractivity contribution in [1.82, 2.24) is 0 Å². The summed E-state index contributed by atoms with van der Waals surface area (Å²) in [6.45, 7) is 1.55. The van der Waals surface area contributed by atoms with Gasteiger partial charge in [-0.1, -0.05) is 54.1 Å². The van der Waals surface area contributed by atoms with Crippen molar-refractivity contribution in [3.8, 4) is 0 Å². The Morgan fingerprint density at radius 3 is 2.33 bits per heavy atom. The van der Waals surface area contributed by atoms with Crippen LogP contribution < -0.4 is 0 Å². The summed E-state index contributed by atoms with van der Waals surface area (Å²) in [5.41, 5.74) is 1.58. The van der Waals surface area contributed by atoms with Crippen LogP contribution in [0.2, 0.25) is 0 Å². The van der Waals surface area contributed by atoms with Crippen molar-refractivity contribution in [2.45, 2.75) is 17.9 Å². The molecule has 3 aromatic carbocycles. The van der Waals surface area contributed by atoms with Gasteiger partial charge in [0.15, 0.2) is 0 Å². The van der Waals surface area contributed by atoms with Crippen LogP contribution >= 0.6 is 0 Å². The molecule has 0 saturated heterocycles. The third-order valence-corrected chi connectivity index (χ3v) is 5.14. The van der Waals surface area contributed by atoms with Crippen molar-refractivity contribution < 1.29 is 17.7 Å². The first kappa shape index (κ1) is 16.6. The Morgan fingerprint density at radius 1 is 0.958 bits per heavy atom. The first-order valence-corrected chi connectivity index (χ1v) is 8.99. The lowest BCUT2D eigenvalue weighted by molar-refractivity contribution is 0.111. The first-order chi connectivity index (χ1) is 11.5. The number of hydrogen-bond acceptors (Lipinski definition) is 4. The smallest absolute Gasteiger partial charge is 0.297 e. The molecule has 5 heteroatoms. The van der Waals surface area contributed by atoms with E-state index in [1.54, 1.807) is 18.2 Å².